The third-order valence-electron chi connectivity index (χ3n) is 5.67. The van der Waals surface area contributed by atoms with Gasteiger partial charge in [-0.3, -0.25) is 4.55 Å². The molecule has 0 bridgehead atoms. The van der Waals surface area contributed by atoms with E-state index in [1.165, 1.54) is 70.3 Å². The van der Waals surface area contributed by atoms with Gasteiger partial charge in [-0.2, -0.15) is 8.42 Å². The summed E-state index contributed by atoms with van der Waals surface area (Å²) in [7, 11) is -4.31. The minimum Gasteiger partial charge on any atom is -0.508 e. The zero-order valence-corrected chi connectivity index (χ0v) is 19.4. The van der Waals surface area contributed by atoms with Gasteiger partial charge < -0.3 is 5.11 Å². The van der Waals surface area contributed by atoms with Crippen molar-refractivity contribution in [2.45, 2.75) is 121 Å². The maximum absolute atomic E-state index is 11.6. The number of aromatic hydroxyl groups is 1. The predicted octanol–water partition coefficient (Wildman–Crippen LogP) is 7.23. The van der Waals surface area contributed by atoms with Crippen molar-refractivity contribution in [1.29, 1.82) is 0 Å². The largest absolute Gasteiger partial charge is 0.508 e. The van der Waals surface area contributed by atoms with Crippen molar-refractivity contribution in [3.8, 4) is 5.75 Å². The zero-order valence-electron chi connectivity index (χ0n) is 18.6. The molecule has 2 N–H and O–H groups in total. The number of hydrogen-bond acceptors (Lipinski definition) is 3. The lowest BCUT2D eigenvalue weighted by molar-refractivity contribution is 0.457. The van der Waals surface area contributed by atoms with Gasteiger partial charge in [0.15, 0.2) is 0 Å². The van der Waals surface area contributed by atoms with Crippen LogP contribution in [0.4, 0.5) is 0 Å². The van der Waals surface area contributed by atoms with Crippen LogP contribution in [0, 0.1) is 0 Å². The number of aryl methyl sites for hydroxylation is 1. The Morgan fingerprint density at radius 3 is 1.62 bits per heavy atom. The van der Waals surface area contributed by atoms with Crippen molar-refractivity contribution in [1.82, 2.24) is 0 Å². The molecule has 0 heterocycles. The third kappa shape index (κ3) is 11.0. The molecule has 0 saturated carbocycles. The highest BCUT2D eigenvalue weighted by Crippen LogP contribution is 2.29. The first kappa shape index (κ1) is 26.0. The molecular formula is C24H42O4S. The molecule has 4 nitrogen and oxygen atoms in total. The molecule has 0 radical (unpaired) electrons. The van der Waals surface area contributed by atoms with Gasteiger partial charge in [0.05, 0.1) is 4.90 Å². The molecule has 1 aromatic carbocycles. The van der Waals surface area contributed by atoms with Gasteiger partial charge in [-0.1, -0.05) is 90.9 Å². The quantitative estimate of drug-likeness (QED) is 0.203. The Bertz CT molecular complexity index is 668. The molecule has 0 atom stereocenters. The summed E-state index contributed by atoms with van der Waals surface area (Å²) in [6.45, 7) is 4.42. The number of unbranched alkanes of at least 4 members (excludes halogenated alkanes) is 12. The van der Waals surface area contributed by atoms with Crippen molar-refractivity contribution in [2.24, 2.45) is 0 Å². The van der Waals surface area contributed by atoms with Crippen LogP contribution in [0.15, 0.2) is 17.0 Å². The standard InChI is InChI=1S/C24H42O4S/c1-3-5-7-9-11-13-15-17-21-19-22(29(26,27)28)20-24(25)23(21)18-16-14-12-10-8-6-4-2/h19-20,25H,3-18H2,1-2H3,(H,26,27,28). The molecule has 168 valence electrons. The van der Waals surface area contributed by atoms with E-state index in [-0.39, 0.29) is 10.6 Å². The molecule has 0 saturated heterocycles. The molecule has 29 heavy (non-hydrogen) atoms. The fourth-order valence-corrected chi connectivity index (χ4v) is 4.43. The van der Waals surface area contributed by atoms with E-state index in [4.69, 9.17) is 0 Å². The van der Waals surface area contributed by atoms with E-state index in [1.54, 1.807) is 6.07 Å². The molecule has 0 aliphatic rings. The summed E-state index contributed by atoms with van der Waals surface area (Å²) in [5.41, 5.74) is 1.73. The summed E-state index contributed by atoms with van der Waals surface area (Å²) < 4.78 is 32.5. The number of phenolic OH excluding ortho intramolecular Hbond substituents is 1. The Morgan fingerprint density at radius 2 is 1.14 bits per heavy atom. The Morgan fingerprint density at radius 1 is 0.690 bits per heavy atom. The highest BCUT2D eigenvalue weighted by atomic mass is 32.2. The zero-order chi connectivity index (χ0) is 21.5. The van der Waals surface area contributed by atoms with Gasteiger partial charge in [0.25, 0.3) is 10.1 Å². The van der Waals surface area contributed by atoms with Gasteiger partial charge in [0.2, 0.25) is 0 Å². The lowest BCUT2D eigenvalue weighted by atomic mass is 9.95. The van der Waals surface area contributed by atoms with E-state index in [9.17, 15) is 18.1 Å². The van der Waals surface area contributed by atoms with E-state index in [0.29, 0.717) is 0 Å². The van der Waals surface area contributed by atoms with Crippen molar-refractivity contribution >= 4 is 10.1 Å². The van der Waals surface area contributed by atoms with Crippen LogP contribution in [0.1, 0.15) is 115 Å². The second-order valence-electron chi connectivity index (χ2n) is 8.30. The first-order valence-corrected chi connectivity index (χ1v) is 13.2. The lowest BCUT2D eigenvalue weighted by Crippen LogP contribution is -2.03. The van der Waals surface area contributed by atoms with Crippen LogP contribution >= 0.6 is 0 Å². The van der Waals surface area contributed by atoms with Gasteiger partial charge in [-0.25, -0.2) is 0 Å². The maximum atomic E-state index is 11.6. The van der Waals surface area contributed by atoms with E-state index in [1.807, 2.05) is 0 Å². The summed E-state index contributed by atoms with van der Waals surface area (Å²) in [5.74, 6) is 0.00375. The Kier molecular flexibility index (Phi) is 13.3. The molecule has 0 fully saturated rings. The lowest BCUT2D eigenvalue weighted by Gasteiger charge is -2.14. The second-order valence-corrected chi connectivity index (χ2v) is 9.72. The Balaban J connectivity index is 2.64. The highest BCUT2D eigenvalue weighted by Gasteiger charge is 2.17. The molecule has 0 aliphatic carbocycles. The Hall–Kier alpha value is -1.07. The van der Waals surface area contributed by atoms with Crippen LogP contribution in [0.25, 0.3) is 0 Å². The molecule has 5 heteroatoms. The van der Waals surface area contributed by atoms with Crippen LogP contribution in [-0.2, 0) is 23.0 Å². The molecule has 0 unspecified atom stereocenters. The minimum atomic E-state index is -4.31. The average Bonchev–Trinajstić information content (AvgIpc) is 2.67. The summed E-state index contributed by atoms with van der Waals surface area (Å²) >= 11 is 0. The molecule has 0 aliphatic heterocycles. The van der Waals surface area contributed by atoms with Gasteiger partial charge in [0, 0.05) is 6.07 Å². The fourth-order valence-electron chi connectivity index (χ4n) is 3.88. The van der Waals surface area contributed by atoms with E-state index in [2.05, 4.69) is 13.8 Å². The maximum Gasteiger partial charge on any atom is 0.294 e. The third-order valence-corrected chi connectivity index (χ3v) is 6.50. The summed E-state index contributed by atoms with van der Waals surface area (Å²) in [5, 5.41) is 10.4. The fraction of sp³-hybridized carbons (Fsp3) is 0.750. The first-order chi connectivity index (χ1) is 13.9. The van der Waals surface area contributed by atoms with E-state index >= 15 is 0 Å². The van der Waals surface area contributed by atoms with Crippen LogP contribution in [0.3, 0.4) is 0 Å². The van der Waals surface area contributed by atoms with Gasteiger partial charge in [-0.15, -0.1) is 0 Å². The normalized spacial score (nSPS) is 11.8. The van der Waals surface area contributed by atoms with Crippen LogP contribution in [-0.4, -0.2) is 18.1 Å². The van der Waals surface area contributed by atoms with E-state index < -0.39 is 10.1 Å². The van der Waals surface area contributed by atoms with Crippen molar-refractivity contribution in [3.63, 3.8) is 0 Å². The molecule has 0 aromatic heterocycles. The average molecular weight is 427 g/mol. The highest BCUT2D eigenvalue weighted by molar-refractivity contribution is 7.85. The number of phenols is 1. The van der Waals surface area contributed by atoms with Gasteiger partial charge >= 0.3 is 0 Å². The topological polar surface area (TPSA) is 74.6 Å². The second kappa shape index (κ2) is 14.8. The SMILES string of the molecule is CCCCCCCCCc1cc(S(=O)(=O)O)cc(O)c1CCCCCCCCC. The van der Waals surface area contributed by atoms with Crippen molar-refractivity contribution in [2.75, 3.05) is 0 Å². The smallest absolute Gasteiger partial charge is 0.294 e. The summed E-state index contributed by atoms with van der Waals surface area (Å²) in [4.78, 5) is -0.198. The van der Waals surface area contributed by atoms with Crippen LogP contribution in [0.5, 0.6) is 5.75 Å². The molecule has 1 aromatic rings. The monoisotopic (exact) mass is 426 g/mol. The van der Waals surface area contributed by atoms with Gasteiger partial charge in [-0.05, 0) is 42.9 Å². The number of benzene rings is 1. The minimum absolute atomic E-state index is 0.00375. The molecule has 1 rings (SSSR count). The van der Waals surface area contributed by atoms with Crippen LogP contribution < -0.4 is 0 Å². The summed E-state index contributed by atoms with van der Waals surface area (Å²) in [6, 6.07) is 2.75. The van der Waals surface area contributed by atoms with E-state index in [0.717, 1.165) is 49.7 Å². The number of rotatable bonds is 17. The summed E-state index contributed by atoms with van der Waals surface area (Å²) in [6.07, 6.45) is 18.2. The number of hydrogen-bond donors (Lipinski definition) is 2. The van der Waals surface area contributed by atoms with Gasteiger partial charge in [0.1, 0.15) is 5.75 Å². The van der Waals surface area contributed by atoms with Crippen molar-refractivity contribution in [3.05, 3.63) is 23.3 Å². The first-order valence-electron chi connectivity index (χ1n) is 11.7. The Labute approximate surface area is 178 Å². The van der Waals surface area contributed by atoms with Crippen LogP contribution in [0.2, 0.25) is 0 Å². The predicted molar refractivity (Wildman–Crippen MR) is 121 cm³/mol. The molecule has 0 amide bonds. The molecular weight excluding hydrogens is 384 g/mol. The molecule has 0 spiro atoms. The van der Waals surface area contributed by atoms with Crippen molar-refractivity contribution < 1.29 is 18.1 Å².